The lowest BCUT2D eigenvalue weighted by molar-refractivity contribution is -0.120. The highest BCUT2D eigenvalue weighted by Crippen LogP contribution is 2.18. The van der Waals surface area contributed by atoms with Gasteiger partial charge in [-0.3, -0.25) is 19.6 Å². The number of hydrogen-bond donors (Lipinski definition) is 2. The fourth-order valence-electron chi connectivity index (χ4n) is 4.48. The molecule has 2 aliphatic rings. The van der Waals surface area contributed by atoms with Gasteiger partial charge in [0.2, 0.25) is 5.91 Å². The van der Waals surface area contributed by atoms with Crippen LogP contribution in [0.2, 0.25) is 0 Å². The Bertz CT molecular complexity index is 1150. The number of amides is 1. The molecule has 8 heteroatoms. The van der Waals surface area contributed by atoms with Crippen molar-refractivity contribution in [1.82, 2.24) is 29.8 Å². The largest absolute Gasteiger partial charge is 0.354 e. The van der Waals surface area contributed by atoms with Crippen LogP contribution in [-0.4, -0.2) is 50.0 Å². The third kappa shape index (κ3) is 3.75. The minimum atomic E-state index is -0.107. The van der Waals surface area contributed by atoms with Crippen LogP contribution in [0.3, 0.4) is 0 Å². The Morgan fingerprint density at radius 3 is 2.83 bits per heavy atom. The summed E-state index contributed by atoms with van der Waals surface area (Å²) in [6, 6.07) is 8.54. The Hall–Kier alpha value is -3.00. The number of nitrogens with one attached hydrogen (secondary N) is 2. The summed E-state index contributed by atoms with van der Waals surface area (Å²) in [5.74, 6) is 0.714. The summed E-state index contributed by atoms with van der Waals surface area (Å²) in [6.07, 6.45) is 4.82. The molecule has 1 amide bonds. The van der Waals surface area contributed by atoms with Crippen molar-refractivity contribution in [3.63, 3.8) is 0 Å². The van der Waals surface area contributed by atoms with E-state index in [1.165, 1.54) is 15.6 Å². The SMILES string of the molecule is O=C(Cc1nc2nc3c(c(=O)n2[nH]1)CCCC3)NCCN1CCc2ccccc2C1. The van der Waals surface area contributed by atoms with Gasteiger partial charge in [0.15, 0.2) is 0 Å². The molecule has 3 heterocycles. The van der Waals surface area contributed by atoms with Crippen molar-refractivity contribution >= 4 is 11.7 Å². The maximum Gasteiger partial charge on any atom is 0.277 e. The lowest BCUT2D eigenvalue weighted by atomic mass is 9.97. The van der Waals surface area contributed by atoms with Gasteiger partial charge in [-0.25, -0.2) is 4.98 Å². The van der Waals surface area contributed by atoms with Crippen LogP contribution in [0.1, 0.15) is 41.1 Å². The van der Waals surface area contributed by atoms with Crippen molar-refractivity contribution in [2.24, 2.45) is 0 Å². The lowest BCUT2D eigenvalue weighted by Gasteiger charge is -2.28. The van der Waals surface area contributed by atoms with Gasteiger partial charge in [-0.15, -0.1) is 0 Å². The molecule has 0 fully saturated rings. The molecule has 0 unspecified atom stereocenters. The second kappa shape index (κ2) is 8.02. The van der Waals surface area contributed by atoms with Crippen LogP contribution >= 0.6 is 0 Å². The Labute approximate surface area is 174 Å². The van der Waals surface area contributed by atoms with E-state index in [1.807, 2.05) is 0 Å². The van der Waals surface area contributed by atoms with Crippen molar-refractivity contribution < 1.29 is 4.79 Å². The van der Waals surface area contributed by atoms with Gasteiger partial charge in [0, 0.05) is 31.7 Å². The number of aromatic nitrogens is 4. The molecule has 1 aromatic carbocycles. The minimum absolute atomic E-state index is 0.0840. The zero-order valence-corrected chi connectivity index (χ0v) is 17.0. The Morgan fingerprint density at radius 1 is 1.10 bits per heavy atom. The molecule has 0 atom stereocenters. The number of fused-ring (bicyclic) bond motifs is 3. The van der Waals surface area contributed by atoms with Gasteiger partial charge < -0.3 is 5.32 Å². The molecular formula is C22H26N6O2. The molecule has 0 saturated carbocycles. The average molecular weight is 406 g/mol. The molecule has 2 N–H and O–H groups in total. The van der Waals surface area contributed by atoms with Crippen LogP contribution in [0.5, 0.6) is 0 Å². The standard InChI is InChI=1S/C22H26N6O2/c29-20(23-10-12-27-11-9-15-5-1-2-6-16(15)14-27)13-19-25-22-24-18-8-4-3-7-17(18)21(30)28(22)26-19/h1-2,5-6H,3-4,7-14H2,(H,23,29)(H,24,25,26). The summed E-state index contributed by atoms with van der Waals surface area (Å²) in [7, 11) is 0. The predicted molar refractivity (Wildman–Crippen MR) is 112 cm³/mol. The van der Waals surface area contributed by atoms with Crippen molar-refractivity contribution in [1.29, 1.82) is 0 Å². The van der Waals surface area contributed by atoms with Gasteiger partial charge in [0.05, 0.1) is 12.1 Å². The lowest BCUT2D eigenvalue weighted by Crippen LogP contribution is -2.38. The normalized spacial score (nSPS) is 16.3. The maximum atomic E-state index is 12.7. The molecule has 8 nitrogen and oxygen atoms in total. The van der Waals surface area contributed by atoms with E-state index in [1.54, 1.807) is 0 Å². The van der Waals surface area contributed by atoms with Crippen molar-refractivity contribution in [2.75, 3.05) is 19.6 Å². The van der Waals surface area contributed by atoms with Gasteiger partial charge >= 0.3 is 0 Å². The molecule has 5 rings (SSSR count). The molecule has 30 heavy (non-hydrogen) atoms. The molecule has 1 aliphatic carbocycles. The molecule has 0 radical (unpaired) electrons. The summed E-state index contributed by atoms with van der Waals surface area (Å²) >= 11 is 0. The van der Waals surface area contributed by atoms with Gasteiger partial charge in [-0.2, -0.15) is 9.50 Å². The van der Waals surface area contributed by atoms with Gasteiger partial charge in [0.25, 0.3) is 11.3 Å². The van der Waals surface area contributed by atoms with Crippen molar-refractivity contribution in [3.05, 3.63) is 62.8 Å². The van der Waals surface area contributed by atoms with Crippen LogP contribution in [0.15, 0.2) is 29.1 Å². The van der Waals surface area contributed by atoms with Crippen LogP contribution < -0.4 is 10.9 Å². The number of carbonyl (C=O) groups is 1. The van der Waals surface area contributed by atoms with E-state index < -0.39 is 0 Å². The first-order chi connectivity index (χ1) is 14.7. The quantitative estimate of drug-likeness (QED) is 0.660. The molecular weight excluding hydrogens is 380 g/mol. The first-order valence-corrected chi connectivity index (χ1v) is 10.7. The molecule has 0 spiro atoms. The molecule has 156 valence electrons. The monoisotopic (exact) mass is 406 g/mol. The number of rotatable bonds is 5. The van der Waals surface area contributed by atoms with Gasteiger partial charge in [-0.05, 0) is 43.2 Å². The fraction of sp³-hybridized carbons (Fsp3) is 0.455. The van der Waals surface area contributed by atoms with Gasteiger partial charge in [-0.1, -0.05) is 24.3 Å². The second-order valence-corrected chi connectivity index (χ2v) is 8.18. The summed E-state index contributed by atoms with van der Waals surface area (Å²) in [4.78, 5) is 36.3. The first kappa shape index (κ1) is 19.0. The van der Waals surface area contributed by atoms with E-state index in [0.717, 1.165) is 63.0 Å². The Morgan fingerprint density at radius 2 is 1.93 bits per heavy atom. The fourth-order valence-corrected chi connectivity index (χ4v) is 4.48. The van der Waals surface area contributed by atoms with E-state index in [9.17, 15) is 9.59 Å². The number of nitrogens with zero attached hydrogens (tertiary/aromatic N) is 4. The van der Waals surface area contributed by atoms with E-state index in [4.69, 9.17) is 0 Å². The summed E-state index contributed by atoms with van der Waals surface area (Å²) in [6.45, 7) is 3.34. The summed E-state index contributed by atoms with van der Waals surface area (Å²) in [5.41, 5.74) is 4.35. The highest BCUT2D eigenvalue weighted by Gasteiger charge is 2.19. The Kier molecular flexibility index (Phi) is 5.08. The summed E-state index contributed by atoms with van der Waals surface area (Å²) < 4.78 is 1.37. The zero-order valence-electron chi connectivity index (χ0n) is 17.0. The van der Waals surface area contributed by atoms with E-state index in [0.29, 0.717) is 18.1 Å². The molecule has 3 aromatic rings. The van der Waals surface area contributed by atoms with Crippen LogP contribution in [0.4, 0.5) is 0 Å². The average Bonchev–Trinajstić information content (AvgIpc) is 3.16. The third-order valence-electron chi connectivity index (χ3n) is 6.10. The summed E-state index contributed by atoms with van der Waals surface area (Å²) in [5, 5.41) is 5.92. The number of H-pyrrole nitrogens is 1. The van der Waals surface area contributed by atoms with Crippen LogP contribution in [-0.2, 0) is 37.0 Å². The minimum Gasteiger partial charge on any atom is -0.354 e. The smallest absolute Gasteiger partial charge is 0.277 e. The topological polar surface area (TPSA) is 95.4 Å². The molecule has 0 bridgehead atoms. The molecule has 2 aromatic heterocycles. The third-order valence-corrected chi connectivity index (χ3v) is 6.10. The highest BCUT2D eigenvalue weighted by molar-refractivity contribution is 5.77. The zero-order chi connectivity index (χ0) is 20.5. The number of aryl methyl sites for hydroxylation is 1. The Balaban J connectivity index is 1.18. The highest BCUT2D eigenvalue weighted by atomic mass is 16.1. The van der Waals surface area contributed by atoms with Crippen LogP contribution in [0, 0.1) is 0 Å². The van der Waals surface area contributed by atoms with Crippen LogP contribution in [0.25, 0.3) is 5.78 Å². The number of aromatic amines is 1. The molecule has 0 saturated heterocycles. The van der Waals surface area contributed by atoms with E-state index in [2.05, 4.69) is 49.5 Å². The predicted octanol–water partition coefficient (Wildman–Crippen LogP) is 1.01. The second-order valence-electron chi connectivity index (χ2n) is 8.18. The number of carbonyl (C=O) groups excluding carboxylic acids is 1. The maximum absolute atomic E-state index is 12.7. The van der Waals surface area contributed by atoms with Gasteiger partial charge in [0.1, 0.15) is 5.82 Å². The van der Waals surface area contributed by atoms with E-state index in [-0.39, 0.29) is 17.9 Å². The van der Waals surface area contributed by atoms with Crippen molar-refractivity contribution in [3.8, 4) is 0 Å². The first-order valence-electron chi connectivity index (χ1n) is 10.7. The number of hydrogen-bond acceptors (Lipinski definition) is 5. The number of benzene rings is 1. The van der Waals surface area contributed by atoms with E-state index >= 15 is 0 Å². The van der Waals surface area contributed by atoms with Crippen molar-refractivity contribution in [2.45, 2.75) is 45.1 Å². The molecule has 1 aliphatic heterocycles.